The minimum Gasteiger partial charge on any atom is -0.462 e. The van der Waals surface area contributed by atoms with Crippen LogP contribution in [0.15, 0.2) is 0 Å². The number of carbonyl (C=O) groups is 4. The normalized spacial score (nSPS) is 15.5. The van der Waals surface area contributed by atoms with Crippen LogP contribution >= 0.6 is 15.6 Å². The Balaban J connectivity index is 5.28. The highest BCUT2D eigenvalue weighted by Crippen LogP contribution is 2.45. The molecule has 6 unspecified atom stereocenters. The molecule has 3 N–H and O–H groups in total. The number of ether oxygens (including phenoxy) is 4. The van der Waals surface area contributed by atoms with Gasteiger partial charge in [-0.25, -0.2) is 9.13 Å². The van der Waals surface area contributed by atoms with Gasteiger partial charge in [0.1, 0.15) is 19.3 Å². The molecule has 0 aliphatic carbocycles. The third-order valence-electron chi connectivity index (χ3n) is 17.3. The van der Waals surface area contributed by atoms with Crippen molar-refractivity contribution in [3.05, 3.63) is 0 Å². The number of phosphoric acid groups is 2. The SMILES string of the molecule is CCC(C)CCCCCCCCCCCCC(=O)O[C@H](COC(=O)CCCCCCCCC(C)CC)COP(=O)(O)OC[C@H](O)COP(=O)(O)OC[C@@H](COC(=O)CCCCCCCCCCC(C)CC)OC(=O)CCCCCCCCCCC(C)CC. The van der Waals surface area contributed by atoms with Crippen molar-refractivity contribution in [3.8, 4) is 0 Å². The van der Waals surface area contributed by atoms with Crippen LogP contribution in [0.5, 0.6) is 0 Å². The topological polar surface area (TPSA) is 237 Å². The summed E-state index contributed by atoms with van der Waals surface area (Å²) in [6.07, 6.45) is 40.1. The standard InChI is InChI=1S/C69H134O17P2/c1-9-59(5)45-37-29-21-15-13-14-16-25-35-43-51-68(73)85-65(56-80-67(72)50-42-34-28-27-32-40-48-62(8)12-4)58-84-88(77,78)82-54-63(70)53-81-87(75,76)83-57-64(86-69(74)52-44-36-26-20-18-23-31-39-47-61(7)11-3)55-79-66(71)49-41-33-24-19-17-22-30-38-46-60(6)10-2/h59-65,70H,9-58H2,1-8H3,(H,75,76)(H,77,78)/t59?,60?,61?,62?,63-,64-,65-/m1/s1. The van der Waals surface area contributed by atoms with Crippen LogP contribution in [0.4, 0.5) is 0 Å². The van der Waals surface area contributed by atoms with E-state index in [9.17, 15) is 43.2 Å². The molecule has 0 amide bonds. The lowest BCUT2D eigenvalue weighted by atomic mass is 9.99. The first-order valence-corrected chi connectivity index (χ1v) is 38.8. The lowest BCUT2D eigenvalue weighted by Gasteiger charge is -2.21. The molecule has 522 valence electrons. The van der Waals surface area contributed by atoms with Crippen molar-refractivity contribution >= 4 is 39.5 Å². The van der Waals surface area contributed by atoms with Crippen LogP contribution in [0.3, 0.4) is 0 Å². The Morgan fingerprint density at radius 2 is 0.511 bits per heavy atom. The van der Waals surface area contributed by atoms with Gasteiger partial charge in [0.25, 0.3) is 0 Å². The van der Waals surface area contributed by atoms with Gasteiger partial charge in [0, 0.05) is 25.7 Å². The average Bonchev–Trinajstić information content (AvgIpc) is 3.58. The molecule has 0 spiro atoms. The monoisotopic (exact) mass is 1300 g/mol. The number of aliphatic hydroxyl groups is 1. The molecular weight excluding hydrogens is 1160 g/mol. The van der Waals surface area contributed by atoms with Gasteiger partial charge in [-0.15, -0.1) is 0 Å². The van der Waals surface area contributed by atoms with Crippen LogP contribution in [0, 0.1) is 23.7 Å². The van der Waals surface area contributed by atoms with E-state index in [2.05, 4.69) is 55.4 Å². The van der Waals surface area contributed by atoms with E-state index in [4.69, 9.17) is 37.0 Å². The van der Waals surface area contributed by atoms with E-state index >= 15 is 0 Å². The van der Waals surface area contributed by atoms with E-state index in [1.807, 2.05) is 0 Å². The van der Waals surface area contributed by atoms with E-state index in [1.165, 1.54) is 135 Å². The Morgan fingerprint density at radius 3 is 0.750 bits per heavy atom. The lowest BCUT2D eigenvalue weighted by Crippen LogP contribution is -2.30. The Kier molecular flexibility index (Phi) is 57.6. The van der Waals surface area contributed by atoms with Crippen LogP contribution in [-0.4, -0.2) is 96.7 Å². The fourth-order valence-corrected chi connectivity index (χ4v) is 11.8. The fraction of sp³-hybridized carbons (Fsp3) is 0.942. The van der Waals surface area contributed by atoms with Gasteiger partial charge in [-0.1, -0.05) is 287 Å². The second kappa shape index (κ2) is 58.8. The summed E-state index contributed by atoms with van der Waals surface area (Å²) >= 11 is 0. The Morgan fingerprint density at radius 1 is 0.307 bits per heavy atom. The number of esters is 4. The average molecular weight is 1300 g/mol. The molecule has 0 saturated carbocycles. The van der Waals surface area contributed by atoms with E-state index in [0.29, 0.717) is 25.7 Å². The number of unbranched alkanes of at least 4 members (excludes halogenated alkanes) is 28. The first kappa shape index (κ1) is 86.1. The molecule has 0 radical (unpaired) electrons. The third kappa shape index (κ3) is 57.9. The zero-order chi connectivity index (χ0) is 65.4. The molecule has 0 bridgehead atoms. The molecular formula is C69H134O17P2. The molecule has 0 aromatic rings. The molecule has 0 aromatic carbocycles. The number of hydrogen-bond acceptors (Lipinski definition) is 15. The predicted octanol–water partition coefficient (Wildman–Crippen LogP) is 19.3. The molecule has 19 heteroatoms. The third-order valence-corrected chi connectivity index (χ3v) is 19.2. The van der Waals surface area contributed by atoms with Gasteiger partial charge in [0.05, 0.1) is 26.4 Å². The van der Waals surface area contributed by atoms with Gasteiger partial charge in [-0.05, 0) is 49.4 Å². The van der Waals surface area contributed by atoms with Crippen LogP contribution in [0.2, 0.25) is 0 Å². The number of rotatable bonds is 66. The number of carbonyl (C=O) groups excluding carboxylic acids is 4. The smallest absolute Gasteiger partial charge is 0.462 e. The Hall–Kier alpha value is -1.94. The summed E-state index contributed by atoms with van der Waals surface area (Å²) in [6, 6.07) is 0. The predicted molar refractivity (Wildman–Crippen MR) is 354 cm³/mol. The zero-order valence-electron chi connectivity index (χ0n) is 57.3. The quantitative estimate of drug-likeness (QED) is 0.0222. The molecule has 0 heterocycles. The molecule has 0 aliphatic rings. The van der Waals surface area contributed by atoms with Gasteiger partial charge in [-0.2, -0.15) is 0 Å². The van der Waals surface area contributed by atoms with Crippen molar-refractivity contribution in [1.29, 1.82) is 0 Å². The van der Waals surface area contributed by atoms with Crippen LogP contribution in [0.25, 0.3) is 0 Å². The van der Waals surface area contributed by atoms with Crippen molar-refractivity contribution in [2.45, 2.75) is 356 Å². The minimum absolute atomic E-state index is 0.104. The van der Waals surface area contributed by atoms with E-state index < -0.39 is 97.5 Å². The largest absolute Gasteiger partial charge is 0.472 e. The van der Waals surface area contributed by atoms with E-state index in [0.717, 1.165) is 120 Å². The first-order valence-electron chi connectivity index (χ1n) is 35.9. The number of phosphoric ester groups is 2. The minimum atomic E-state index is -4.95. The second-order valence-electron chi connectivity index (χ2n) is 25.9. The van der Waals surface area contributed by atoms with Gasteiger partial charge >= 0.3 is 39.5 Å². The maximum Gasteiger partial charge on any atom is 0.472 e. The van der Waals surface area contributed by atoms with Crippen LogP contribution in [-0.2, 0) is 65.4 Å². The number of aliphatic hydroxyl groups excluding tert-OH is 1. The van der Waals surface area contributed by atoms with Crippen molar-refractivity contribution < 1.29 is 80.2 Å². The Bertz CT molecular complexity index is 1760. The highest BCUT2D eigenvalue weighted by atomic mass is 31.2. The lowest BCUT2D eigenvalue weighted by molar-refractivity contribution is -0.161. The Labute approximate surface area is 537 Å². The van der Waals surface area contributed by atoms with Crippen molar-refractivity contribution in [1.82, 2.24) is 0 Å². The summed E-state index contributed by atoms with van der Waals surface area (Å²) < 4.78 is 68.3. The molecule has 9 atom stereocenters. The van der Waals surface area contributed by atoms with Gasteiger partial charge < -0.3 is 33.8 Å². The maximum atomic E-state index is 13.0. The maximum absolute atomic E-state index is 13.0. The highest BCUT2D eigenvalue weighted by Gasteiger charge is 2.30. The van der Waals surface area contributed by atoms with Gasteiger partial charge in [-0.3, -0.25) is 37.3 Å². The molecule has 88 heavy (non-hydrogen) atoms. The molecule has 0 rings (SSSR count). The summed E-state index contributed by atoms with van der Waals surface area (Å²) in [4.78, 5) is 72.5. The van der Waals surface area contributed by atoms with Crippen molar-refractivity contribution in [3.63, 3.8) is 0 Å². The molecule has 0 saturated heterocycles. The van der Waals surface area contributed by atoms with Crippen LogP contribution in [0.1, 0.15) is 338 Å². The van der Waals surface area contributed by atoms with Crippen LogP contribution < -0.4 is 0 Å². The zero-order valence-corrected chi connectivity index (χ0v) is 59.1. The highest BCUT2D eigenvalue weighted by molar-refractivity contribution is 7.47. The van der Waals surface area contributed by atoms with Crippen molar-refractivity contribution in [2.24, 2.45) is 23.7 Å². The molecule has 0 aromatic heterocycles. The summed E-state index contributed by atoms with van der Waals surface area (Å²) in [5.41, 5.74) is 0. The molecule has 0 aliphatic heterocycles. The van der Waals surface area contributed by atoms with Gasteiger partial charge in [0.15, 0.2) is 12.2 Å². The van der Waals surface area contributed by atoms with Gasteiger partial charge in [0.2, 0.25) is 0 Å². The molecule has 0 fully saturated rings. The number of hydrogen-bond donors (Lipinski definition) is 3. The fourth-order valence-electron chi connectivity index (χ4n) is 10.2. The molecule has 17 nitrogen and oxygen atoms in total. The van der Waals surface area contributed by atoms with E-state index in [1.54, 1.807) is 0 Å². The second-order valence-corrected chi connectivity index (χ2v) is 28.8. The summed E-state index contributed by atoms with van der Waals surface area (Å²) in [7, 11) is -9.90. The first-order chi connectivity index (χ1) is 42.2. The summed E-state index contributed by atoms with van der Waals surface area (Å²) in [5, 5.41) is 10.6. The van der Waals surface area contributed by atoms with Crippen molar-refractivity contribution in [2.75, 3.05) is 39.6 Å². The summed E-state index contributed by atoms with van der Waals surface area (Å²) in [6.45, 7) is 14.1. The van der Waals surface area contributed by atoms with E-state index in [-0.39, 0.29) is 25.7 Å². The summed E-state index contributed by atoms with van der Waals surface area (Å²) in [5.74, 6) is 0.948.